The molecule has 1 heterocycles. The molecule has 0 bridgehead atoms. The molecule has 3 rings (SSSR count). The van der Waals surface area contributed by atoms with Crippen LogP contribution in [0.3, 0.4) is 0 Å². The van der Waals surface area contributed by atoms with Crippen molar-refractivity contribution in [3.8, 4) is 5.75 Å². The van der Waals surface area contributed by atoms with Crippen molar-refractivity contribution in [2.75, 3.05) is 19.6 Å². The lowest BCUT2D eigenvalue weighted by Crippen LogP contribution is -2.45. The fourth-order valence-electron chi connectivity index (χ4n) is 4.43. The Labute approximate surface area is 153 Å². The van der Waals surface area contributed by atoms with Crippen molar-refractivity contribution >= 4 is 0 Å². The first kappa shape index (κ1) is 19.5. The third-order valence-corrected chi connectivity index (χ3v) is 5.75. The summed E-state index contributed by atoms with van der Waals surface area (Å²) in [5.74, 6) is -0.407. The molecule has 1 saturated carbocycles. The van der Waals surface area contributed by atoms with Crippen LogP contribution in [-0.4, -0.2) is 41.6 Å². The van der Waals surface area contributed by atoms with E-state index in [9.17, 15) is 18.3 Å². The minimum atomic E-state index is -4.71. The molecular weight excluding hydrogens is 343 g/mol. The van der Waals surface area contributed by atoms with Crippen molar-refractivity contribution in [1.82, 2.24) is 4.90 Å². The average Bonchev–Trinajstić information content (AvgIpc) is 2.60. The number of rotatable bonds is 5. The number of nitrogens with zero attached hydrogens (tertiary/aromatic N) is 1. The largest absolute Gasteiger partial charge is 0.573 e. The van der Waals surface area contributed by atoms with Crippen LogP contribution >= 0.6 is 0 Å². The predicted octanol–water partition coefficient (Wildman–Crippen LogP) is 4.85. The summed E-state index contributed by atoms with van der Waals surface area (Å²) < 4.78 is 41.9. The molecule has 1 saturated heterocycles. The quantitative estimate of drug-likeness (QED) is 0.803. The molecule has 26 heavy (non-hydrogen) atoms. The van der Waals surface area contributed by atoms with Gasteiger partial charge in [-0.1, -0.05) is 37.8 Å². The van der Waals surface area contributed by atoms with Crippen LogP contribution in [0.1, 0.15) is 62.8 Å². The van der Waals surface area contributed by atoms with Gasteiger partial charge in [-0.3, -0.25) is 0 Å². The number of aliphatic hydroxyl groups is 1. The van der Waals surface area contributed by atoms with Gasteiger partial charge in [-0.05, 0) is 56.5 Å². The molecule has 1 atom stereocenters. The molecule has 6 heteroatoms. The molecule has 2 aliphatic rings. The van der Waals surface area contributed by atoms with E-state index >= 15 is 0 Å². The fraction of sp³-hybridized carbons (Fsp3) is 0.700. The van der Waals surface area contributed by atoms with Crippen LogP contribution in [0.4, 0.5) is 13.2 Å². The summed E-state index contributed by atoms with van der Waals surface area (Å²) in [6.07, 6.45) is 3.24. The van der Waals surface area contributed by atoms with Crippen LogP contribution in [0, 0.1) is 0 Å². The fourth-order valence-corrected chi connectivity index (χ4v) is 4.43. The van der Waals surface area contributed by atoms with Gasteiger partial charge in [0.05, 0.1) is 5.60 Å². The van der Waals surface area contributed by atoms with Crippen molar-refractivity contribution in [1.29, 1.82) is 0 Å². The number of alkyl halides is 3. The Hall–Kier alpha value is -1.27. The van der Waals surface area contributed by atoms with Gasteiger partial charge in [-0.25, -0.2) is 0 Å². The summed E-state index contributed by atoms with van der Waals surface area (Å²) in [6.45, 7) is 2.67. The maximum atomic E-state index is 12.6. The lowest BCUT2D eigenvalue weighted by atomic mass is 9.72. The summed E-state index contributed by atoms with van der Waals surface area (Å²) in [6, 6.07) is 6.19. The molecule has 1 aromatic carbocycles. The predicted molar refractivity (Wildman–Crippen MR) is 94.2 cm³/mol. The first-order valence-electron chi connectivity index (χ1n) is 9.66. The Kier molecular flexibility index (Phi) is 6.13. The van der Waals surface area contributed by atoms with Gasteiger partial charge < -0.3 is 14.7 Å². The third-order valence-electron chi connectivity index (χ3n) is 5.75. The smallest absolute Gasteiger partial charge is 0.406 e. The maximum Gasteiger partial charge on any atom is 0.573 e. The van der Waals surface area contributed by atoms with Crippen LogP contribution in [0.5, 0.6) is 5.75 Å². The van der Waals surface area contributed by atoms with Gasteiger partial charge in [0, 0.05) is 12.5 Å². The highest BCUT2D eigenvalue weighted by Crippen LogP contribution is 2.41. The highest BCUT2D eigenvalue weighted by molar-refractivity contribution is 5.33. The molecule has 2 fully saturated rings. The van der Waals surface area contributed by atoms with E-state index < -0.39 is 12.0 Å². The van der Waals surface area contributed by atoms with Crippen LogP contribution < -0.4 is 4.74 Å². The molecule has 0 amide bonds. The van der Waals surface area contributed by atoms with E-state index in [0.717, 1.165) is 50.8 Å². The van der Waals surface area contributed by atoms with Crippen LogP contribution in [0.15, 0.2) is 24.3 Å². The molecule has 0 spiro atoms. The zero-order valence-corrected chi connectivity index (χ0v) is 15.1. The molecule has 1 aliphatic carbocycles. The van der Waals surface area contributed by atoms with Crippen molar-refractivity contribution in [3.63, 3.8) is 0 Å². The van der Waals surface area contributed by atoms with Gasteiger partial charge in [-0.15, -0.1) is 13.2 Å². The Bertz CT molecular complexity index is 579. The van der Waals surface area contributed by atoms with Gasteiger partial charge in [-0.2, -0.15) is 0 Å². The molecule has 0 unspecified atom stereocenters. The summed E-state index contributed by atoms with van der Waals surface area (Å²) in [7, 11) is 0. The van der Waals surface area contributed by atoms with E-state index in [-0.39, 0.29) is 11.7 Å². The highest BCUT2D eigenvalue weighted by atomic mass is 19.4. The molecule has 0 radical (unpaired) electrons. The number of likely N-dealkylation sites (tertiary alicyclic amines) is 1. The number of benzene rings is 1. The summed E-state index contributed by atoms with van der Waals surface area (Å²) in [5, 5.41) is 11.3. The molecule has 146 valence electrons. The van der Waals surface area contributed by atoms with E-state index in [1.807, 2.05) is 6.07 Å². The minimum Gasteiger partial charge on any atom is -0.406 e. The number of hydrogen-bond acceptors (Lipinski definition) is 3. The highest BCUT2D eigenvalue weighted by Gasteiger charge is 2.40. The van der Waals surface area contributed by atoms with Crippen LogP contribution in [0.2, 0.25) is 0 Å². The zero-order valence-electron chi connectivity index (χ0n) is 15.1. The van der Waals surface area contributed by atoms with Crippen molar-refractivity contribution in [2.45, 2.75) is 69.2 Å². The van der Waals surface area contributed by atoms with Gasteiger partial charge in [0.1, 0.15) is 5.75 Å². The second-order valence-corrected chi connectivity index (χ2v) is 7.70. The van der Waals surface area contributed by atoms with Gasteiger partial charge in [0.25, 0.3) is 0 Å². The molecular formula is C20H28F3NO2. The van der Waals surface area contributed by atoms with Gasteiger partial charge in [0.15, 0.2) is 0 Å². The first-order valence-corrected chi connectivity index (χ1v) is 9.66. The summed E-state index contributed by atoms with van der Waals surface area (Å²) >= 11 is 0. The Balaban J connectivity index is 1.85. The lowest BCUT2D eigenvalue weighted by molar-refractivity contribution is -0.274. The maximum absolute atomic E-state index is 12.6. The standard InChI is InChI=1S/C20H28F3NO2/c21-20(22,23)26-17-9-7-8-16(14-17)18(15-24-12-5-2-6-13-24)19(25)10-3-1-4-11-19/h7-9,14,18,25H,1-6,10-13,15H2/t18-/m1/s1. The number of ether oxygens (including phenoxy) is 1. The SMILES string of the molecule is OC1([C@H](CN2CCCCC2)c2cccc(OC(F)(F)F)c2)CCCCC1. The van der Waals surface area contributed by atoms with E-state index in [1.54, 1.807) is 6.07 Å². The lowest BCUT2D eigenvalue weighted by Gasteiger charge is -2.42. The average molecular weight is 371 g/mol. The van der Waals surface area contributed by atoms with E-state index in [2.05, 4.69) is 9.64 Å². The van der Waals surface area contributed by atoms with Gasteiger partial charge >= 0.3 is 6.36 Å². The van der Waals surface area contributed by atoms with E-state index in [1.165, 1.54) is 18.6 Å². The van der Waals surface area contributed by atoms with Crippen LogP contribution in [0.25, 0.3) is 0 Å². The Morgan fingerprint density at radius 1 is 1.04 bits per heavy atom. The van der Waals surface area contributed by atoms with Crippen LogP contribution in [-0.2, 0) is 0 Å². The molecule has 1 aliphatic heterocycles. The third kappa shape index (κ3) is 5.13. The van der Waals surface area contributed by atoms with E-state index in [0.29, 0.717) is 19.4 Å². The monoisotopic (exact) mass is 371 g/mol. The number of hydrogen-bond donors (Lipinski definition) is 1. The first-order chi connectivity index (χ1) is 12.4. The van der Waals surface area contributed by atoms with Crippen molar-refractivity contribution in [2.24, 2.45) is 0 Å². The van der Waals surface area contributed by atoms with Gasteiger partial charge in [0.2, 0.25) is 0 Å². The Morgan fingerprint density at radius 2 is 1.69 bits per heavy atom. The second kappa shape index (κ2) is 8.17. The van der Waals surface area contributed by atoms with E-state index in [4.69, 9.17) is 0 Å². The number of piperidine rings is 1. The van der Waals surface area contributed by atoms with Crippen molar-refractivity contribution < 1.29 is 23.0 Å². The second-order valence-electron chi connectivity index (χ2n) is 7.70. The zero-order chi connectivity index (χ0) is 18.6. The normalized spacial score (nSPS) is 22.8. The molecule has 1 aromatic rings. The topological polar surface area (TPSA) is 32.7 Å². The molecule has 1 N–H and O–H groups in total. The van der Waals surface area contributed by atoms with Crippen molar-refractivity contribution in [3.05, 3.63) is 29.8 Å². The summed E-state index contributed by atoms with van der Waals surface area (Å²) in [4.78, 5) is 2.35. The minimum absolute atomic E-state index is 0.197. The molecule has 0 aromatic heterocycles. The Morgan fingerprint density at radius 3 is 2.35 bits per heavy atom. The molecule has 3 nitrogen and oxygen atoms in total. The number of halogens is 3. The summed E-state index contributed by atoms with van der Waals surface area (Å²) in [5.41, 5.74) is -0.117.